The van der Waals surface area contributed by atoms with Crippen LogP contribution in [0.25, 0.3) is 0 Å². The summed E-state index contributed by atoms with van der Waals surface area (Å²) >= 11 is 0. The maximum absolute atomic E-state index is 11.5. The molecule has 0 aliphatic carbocycles. The largest absolute Gasteiger partial charge is 0.326 e. The predicted molar refractivity (Wildman–Crippen MR) is 99.4 cm³/mol. The minimum Gasteiger partial charge on any atom is -0.326 e. The summed E-state index contributed by atoms with van der Waals surface area (Å²) in [7, 11) is 1.95. The van der Waals surface area contributed by atoms with E-state index in [2.05, 4.69) is 38.3 Å². The summed E-state index contributed by atoms with van der Waals surface area (Å²) in [4.78, 5) is 11.5. The summed E-state index contributed by atoms with van der Waals surface area (Å²) in [5.41, 5.74) is 2.09. The molecule has 0 spiro atoms. The summed E-state index contributed by atoms with van der Waals surface area (Å²) in [5.74, 6) is 0.682. The number of carbonyl (C=O) groups excluding carboxylic acids is 1. The lowest BCUT2D eigenvalue weighted by Gasteiger charge is -2.06. The highest BCUT2D eigenvalue weighted by Crippen LogP contribution is 2.10. The van der Waals surface area contributed by atoms with Gasteiger partial charge in [-0.25, -0.2) is 0 Å². The van der Waals surface area contributed by atoms with Gasteiger partial charge >= 0.3 is 0 Å². The number of carbonyl (C=O) groups is 1. The van der Waals surface area contributed by atoms with Gasteiger partial charge in [0.15, 0.2) is 0 Å². The van der Waals surface area contributed by atoms with Crippen LogP contribution in [0.2, 0.25) is 0 Å². The number of amides is 1. The minimum atomic E-state index is 0.104. The van der Waals surface area contributed by atoms with Gasteiger partial charge in [-0.15, -0.1) is 0 Å². The Labute approximate surface area is 137 Å². The molecule has 22 heavy (non-hydrogen) atoms. The molecule has 0 aromatic heterocycles. The van der Waals surface area contributed by atoms with Gasteiger partial charge in [0, 0.05) is 18.2 Å². The van der Waals surface area contributed by atoms with Gasteiger partial charge in [0.25, 0.3) is 0 Å². The van der Waals surface area contributed by atoms with E-state index in [-0.39, 0.29) is 5.91 Å². The van der Waals surface area contributed by atoms with Crippen molar-refractivity contribution in [3.63, 3.8) is 0 Å². The monoisotopic (exact) mass is 308 g/mol. The second kappa shape index (κ2) is 14.6. The zero-order chi connectivity index (χ0) is 17.5. The van der Waals surface area contributed by atoms with E-state index in [0.717, 1.165) is 12.1 Å². The maximum Gasteiger partial charge on any atom is 0.224 e. The van der Waals surface area contributed by atoms with E-state index in [1.54, 1.807) is 0 Å². The molecule has 3 nitrogen and oxygen atoms in total. The molecule has 1 amide bonds. The molecule has 0 atom stereocenters. The van der Waals surface area contributed by atoms with Crippen LogP contribution >= 0.6 is 0 Å². The topological polar surface area (TPSA) is 41.1 Å². The lowest BCUT2D eigenvalue weighted by molar-refractivity contribution is -0.116. The molecule has 0 fully saturated rings. The van der Waals surface area contributed by atoms with Crippen LogP contribution in [0.3, 0.4) is 0 Å². The molecule has 0 aliphatic rings. The maximum atomic E-state index is 11.5. The highest BCUT2D eigenvalue weighted by Gasteiger charge is 2.03. The van der Waals surface area contributed by atoms with Crippen molar-refractivity contribution in [2.45, 2.75) is 67.3 Å². The van der Waals surface area contributed by atoms with Gasteiger partial charge in [-0.1, -0.05) is 59.2 Å². The highest BCUT2D eigenvalue weighted by molar-refractivity contribution is 5.90. The summed E-state index contributed by atoms with van der Waals surface area (Å²) in [6.45, 7) is 14.5. The Balaban J connectivity index is 0. The molecule has 0 saturated carbocycles. The lowest BCUT2D eigenvalue weighted by atomic mass is 10.1. The standard InChI is InChI=1S/C13H19NO.C4H11N.C2H6/c1-10(2)4-9-13(15)14-12-7-5-11(3)6-8-12;1-4(2)5-3;1-2/h5-8,10H,4,9H2,1-3H3,(H,14,15);4-5H,1-3H3;1-2H3. The fourth-order valence-electron chi connectivity index (χ4n) is 1.28. The first-order chi connectivity index (χ1) is 10.3. The van der Waals surface area contributed by atoms with Crippen LogP contribution in [0, 0.1) is 12.8 Å². The average Bonchev–Trinajstić information content (AvgIpc) is 2.50. The molecule has 1 aromatic carbocycles. The highest BCUT2D eigenvalue weighted by atomic mass is 16.1. The number of nitrogens with one attached hydrogen (secondary N) is 2. The minimum absolute atomic E-state index is 0.104. The van der Waals surface area contributed by atoms with Gasteiger partial charge in [-0.3, -0.25) is 4.79 Å². The van der Waals surface area contributed by atoms with Crippen molar-refractivity contribution in [2.24, 2.45) is 5.92 Å². The van der Waals surface area contributed by atoms with E-state index in [1.165, 1.54) is 5.56 Å². The van der Waals surface area contributed by atoms with Crippen molar-refractivity contribution < 1.29 is 4.79 Å². The molecule has 0 unspecified atom stereocenters. The summed E-state index contributed by atoms with van der Waals surface area (Å²) < 4.78 is 0. The van der Waals surface area contributed by atoms with Crippen LogP contribution < -0.4 is 10.6 Å². The summed E-state index contributed by atoms with van der Waals surface area (Å²) in [6, 6.07) is 8.50. The van der Waals surface area contributed by atoms with E-state index in [0.29, 0.717) is 18.4 Å². The normalized spacial score (nSPS) is 9.55. The Morgan fingerprint density at radius 2 is 1.50 bits per heavy atom. The molecule has 1 aromatic rings. The molecule has 0 saturated heterocycles. The molecular weight excluding hydrogens is 272 g/mol. The third-order valence-electron chi connectivity index (χ3n) is 2.86. The number of hydrogen-bond donors (Lipinski definition) is 2. The lowest BCUT2D eigenvalue weighted by Crippen LogP contribution is -2.15. The third kappa shape index (κ3) is 15.0. The summed E-state index contributed by atoms with van der Waals surface area (Å²) in [5, 5.41) is 5.91. The molecule has 1 rings (SSSR count). The summed E-state index contributed by atoms with van der Waals surface area (Å²) in [6.07, 6.45) is 1.54. The van der Waals surface area contributed by atoms with E-state index in [9.17, 15) is 4.79 Å². The van der Waals surface area contributed by atoms with Gasteiger partial charge in [0.1, 0.15) is 0 Å². The molecule has 2 N–H and O–H groups in total. The van der Waals surface area contributed by atoms with Crippen LogP contribution in [-0.2, 0) is 4.79 Å². The number of benzene rings is 1. The Morgan fingerprint density at radius 3 is 1.86 bits per heavy atom. The quantitative estimate of drug-likeness (QED) is 0.802. The van der Waals surface area contributed by atoms with Gasteiger partial charge in [0.2, 0.25) is 5.91 Å². The SMILES string of the molecule is CC.CNC(C)C.Cc1ccc(NC(=O)CCC(C)C)cc1. The number of aryl methyl sites for hydroxylation is 1. The van der Waals surface area contributed by atoms with Crippen molar-refractivity contribution in [3.05, 3.63) is 29.8 Å². The molecule has 3 heteroatoms. The van der Waals surface area contributed by atoms with Crippen molar-refractivity contribution in [3.8, 4) is 0 Å². The molecule has 0 radical (unpaired) electrons. The van der Waals surface area contributed by atoms with Crippen molar-refractivity contribution in [1.29, 1.82) is 0 Å². The smallest absolute Gasteiger partial charge is 0.224 e. The second-order valence-corrected chi connectivity index (χ2v) is 5.79. The Kier molecular flexibility index (Phi) is 15.2. The fourth-order valence-corrected chi connectivity index (χ4v) is 1.28. The third-order valence-corrected chi connectivity index (χ3v) is 2.86. The number of anilines is 1. The van der Waals surface area contributed by atoms with E-state index < -0.39 is 0 Å². The first-order valence-corrected chi connectivity index (χ1v) is 8.39. The second-order valence-electron chi connectivity index (χ2n) is 5.79. The molecule has 128 valence electrons. The van der Waals surface area contributed by atoms with Crippen LogP contribution in [0.1, 0.15) is 59.9 Å². The molecule has 0 bridgehead atoms. The molecule has 0 heterocycles. The Morgan fingerprint density at radius 1 is 1.05 bits per heavy atom. The first kappa shape index (κ1) is 22.9. The molecular formula is C19H36N2O. The predicted octanol–water partition coefficient (Wildman–Crippen LogP) is 5.01. The Hall–Kier alpha value is -1.35. The van der Waals surface area contributed by atoms with Crippen LogP contribution in [0.5, 0.6) is 0 Å². The number of hydrogen-bond acceptors (Lipinski definition) is 2. The first-order valence-electron chi connectivity index (χ1n) is 8.39. The van der Waals surface area contributed by atoms with Crippen molar-refractivity contribution in [2.75, 3.05) is 12.4 Å². The average molecular weight is 309 g/mol. The zero-order valence-corrected chi connectivity index (χ0v) is 15.8. The van der Waals surface area contributed by atoms with Crippen LogP contribution in [0.15, 0.2) is 24.3 Å². The number of rotatable bonds is 5. The van der Waals surface area contributed by atoms with Crippen molar-refractivity contribution >= 4 is 11.6 Å². The van der Waals surface area contributed by atoms with E-state index in [1.807, 2.05) is 52.1 Å². The van der Waals surface area contributed by atoms with Crippen LogP contribution in [0.4, 0.5) is 5.69 Å². The van der Waals surface area contributed by atoms with Gasteiger partial charge in [-0.2, -0.15) is 0 Å². The van der Waals surface area contributed by atoms with E-state index >= 15 is 0 Å². The van der Waals surface area contributed by atoms with Gasteiger partial charge < -0.3 is 10.6 Å². The Bertz CT molecular complexity index is 370. The molecule has 0 aliphatic heterocycles. The van der Waals surface area contributed by atoms with Gasteiger partial charge in [-0.05, 0) is 38.4 Å². The fraction of sp³-hybridized carbons (Fsp3) is 0.632. The van der Waals surface area contributed by atoms with E-state index in [4.69, 9.17) is 0 Å². The van der Waals surface area contributed by atoms with Crippen molar-refractivity contribution in [1.82, 2.24) is 5.32 Å². The van der Waals surface area contributed by atoms with Crippen LogP contribution in [-0.4, -0.2) is 19.0 Å². The van der Waals surface area contributed by atoms with Gasteiger partial charge in [0.05, 0.1) is 0 Å². The zero-order valence-electron chi connectivity index (χ0n) is 15.8.